The van der Waals surface area contributed by atoms with Gasteiger partial charge in [0, 0.05) is 18.3 Å². The molecule has 108 valence electrons. The molecule has 1 fully saturated rings. The van der Waals surface area contributed by atoms with Crippen LogP contribution in [-0.4, -0.2) is 17.2 Å². The molecule has 5 heteroatoms. The summed E-state index contributed by atoms with van der Waals surface area (Å²) in [5.41, 5.74) is 0.223. The number of aliphatic imine (C=N–C) groups is 1. The lowest BCUT2D eigenvalue weighted by molar-refractivity contribution is -0.385. The summed E-state index contributed by atoms with van der Waals surface area (Å²) in [5.74, 6) is 0.882. The third-order valence-electron chi connectivity index (χ3n) is 4.27. The van der Waals surface area contributed by atoms with Crippen LogP contribution in [0.25, 0.3) is 0 Å². The Hall–Kier alpha value is -1.91. The Labute approximate surface area is 118 Å². The molecule has 3 atom stereocenters. The van der Waals surface area contributed by atoms with Crippen molar-refractivity contribution in [1.29, 1.82) is 0 Å². The molecule has 1 aromatic rings. The molecule has 0 spiro atoms. The summed E-state index contributed by atoms with van der Waals surface area (Å²) < 4.78 is 0. The van der Waals surface area contributed by atoms with Gasteiger partial charge in [-0.3, -0.25) is 15.1 Å². The van der Waals surface area contributed by atoms with Crippen LogP contribution in [-0.2, 0) is 0 Å². The van der Waals surface area contributed by atoms with Crippen LogP contribution in [0.3, 0.4) is 0 Å². The lowest BCUT2D eigenvalue weighted by Crippen LogP contribution is -2.27. The summed E-state index contributed by atoms with van der Waals surface area (Å²) in [6, 6.07) is 3.96. The van der Waals surface area contributed by atoms with Gasteiger partial charge in [-0.25, -0.2) is 0 Å². The number of nitro benzene ring substituents is 1. The zero-order valence-electron chi connectivity index (χ0n) is 11.8. The molecular formula is C15H19N2O3-. The average Bonchev–Trinajstić information content (AvgIpc) is 2.41. The number of nitro groups is 1. The predicted octanol–water partition coefficient (Wildman–Crippen LogP) is 2.91. The van der Waals surface area contributed by atoms with Crippen LogP contribution in [0.1, 0.15) is 38.7 Å². The summed E-state index contributed by atoms with van der Waals surface area (Å²) in [6.07, 6.45) is 4.89. The van der Waals surface area contributed by atoms with Gasteiger partial charge in [0.1, 0.15) is 0 Å². The van der Waals surface area contributed by atoms with Gasteiger partial charge in [-0.15, -0.1) is 0 Å². The molecule has 1 aromatic carbocycles. The van der Waals surface area contributed by atoms with Gasteiger partial charge in [-0.1, -0.05) is 38.5 Å². The summed E-state index contributed by atoms with van der Waals surface area (Å²) in [7, 11) is 0. The van der Waals surface area contributed by atoms with Crippen LogP contribution in [0.15, 0.2) is 23.2 Å². The zero-order chi connectivity index (χ0) is 14.7. The number of hydrogen-bond acceptors (Lipinski definition) is 4. The second-order valence-corrected chi connectivity index (χ2v) is 5.59. The minimum atomic E-state index is -0.498. The van der Waals surface area contributed by atoms with Gasteiger partial charge in [0.25, 0.3) is 5.69 Å². The van der Waals surface area contributed by atoms with Gasteiger partial charge in [0.2, 0.25) is 0 Å². The maximum Gasteiger partial charge on any atom is 0.270 e. The fourth-order valence-corrected chi connectivity index (χ4v) is 2.69. The van der Waals surface area contributed by atoms with Gasteiger partial charge in [0.05, 0.1) is 11.0 Å². The van der Waals surface area contributed by atoms with Crippen molar-refractivity contribution in [3.8, 4) is 5.75 Å². The smallest absolute Gasteiger partial charge is 0.270 e. The maximum absolute atomic E-state index is 11.7. The van der Waals surface area contributed by atoms with E-state index >= 15 is 0 Å². The molecule has 0 heterocycles. The molecule has 0 aliphatic heterocycles. The second-order valence-electron chi connectivity index (χ2n) is 5.59. The van der Waals surface area contributed by atoms with Crippen LogP contribution in [0, 0.1) is 22.0 Å². The average molecular weight is 275 g/mol. The molecule has 5 nitrogen and oxygen atoms in total. The highest BCUT2D eigenvalue weighted by Gasteiger charge is 2.26. The highest BCUT2D eigenvalue weighted by molar-refractivity contribution is 5.84. The van der Waals surface area contributed by atoms with Gasteiger partial charge in [-0.05, 0) is 23.8 Å². The Morgan fingerprint density at radius 3 is 2.80 bits per heavy atom. The molecule has 1 aliphatic carbocycles. The first kappa shape index (κ1) is 14.5. The van der Waals surface area contributed by atoms with E-state index in [1.807, 2.05) is 0 Å². The first-order valence-corrected chi connectivity index (χ1v) is 6.97. The van der Waals surface area contributed by atoms with Crippen molar-refractivity contribution in [2.45, 2.75) is 39.2 Å². The van der Waals surface area contributed by atoms with Crippen LogP contribution >= 0.6 is 0 Å². The minimum Gasteiger partial charge on any atom is -0.872 e. The van der Waals surface area contributed by atoms with E-state index in [0.29, 0.717) is 17.4 Å². The summed E-state index contributed by atoms with van der Waals surface area (Å²) in [6.45, 7) is 4.40. The number of nitrogens with zero attached hydrogens (tertiary/aromatic N) is 2. The fourth-order valence-electron chi connectivity index (χ4n) is 2.69. The van der Waals surface area contributed by atoms with E-state index in [1.165, 1.54) is 30.8 Å². The van der Waals surface area contributed by atoms with E-state index in [9.17, 15) is 15.2 Å². The standard InChI is InChI=1S/C15H20N2O3/c1-10-4-3-5-14(11(10)2)16-9-12-8-13(17(19)20)6-7-15(12)18/h6-11,14,18H,3-5H2,1-2H3/p-1/t10-,11-,14-/m1/s1. The number of non-ortho nitro benzene ring substituents is 1. The predicted molar refractivity (Wildman–Crippen MR) is 76.1 cm³/mol. The van der Waals surface area contributed by atoms with Crippen molar-refractivity contribution in [3.63, 3.8) is 0 Å². The number of hydrogen-bond donors (Lipinski definition) is 0. The van der Waals surface area contributed by atoms with Crippen molar-refractivity contribution < 1.29 is 10.0 Å². The van der Waals surface area contributed by atoms with Crippen molar-refractivity contribution in [2.75, 3.05) is 0 Å². The Morgan fingerprint density at radius 2 is 2.10 bits per heavy atom. The Bertz CT molecular complexity index is 528. The minimum absolute atomic E-state index is 0.0730. The van der Waals surface area contributed by atoms with Gasteiger partial charge >= 0.3 is 0 Å². The van der Waals surface area contributed by atoms with Crippen molar-refractivity contribution >= 4 is 11.9 Å². The van der Waals surface area contributed by atoms with E-state index in [0.717, 1.165) is 12.8 Å². The third-order valence-corrected chi connectivity index (χ3v) is 4.27. The molecule has 0 saturated heterocycles. The maximum atomic E-state index is 11.7. The molecule has 0 unspecified atom stereocenters. The molecule has 0 N–H and O–H groups in total. The molecule has 0 bridgehead atoms. The molecule has 2 rings (SSSR count). The molecule has 0 aromatic heterocycles. The lowest BCUT2D eigenvalue weighted by atomic mass is 9.78. The van der Waals surface area contributed by atoms with Crippen LogP contribution in [0.2, 0.25) is 0 Å². The zero-order valence-corrected chi connectivity index (χ0v) is 11.8. The fraction of sp³-hybridized carbons (Fsp3) is 0.533. The third kappa shape index (κ3) is 3.15. The quantitative estimate of drug-likeness (QED) is 0.483. The normalized spacial score (nSPS) is 26.8. The van der Waals surface area contributed by atoms with E-state index in [-0.39, 0.29) is 17.5 Å². The van der Waals surface area contributed by atoms with E-state index in [1.54, 1.807) is 0 Å². The van der Waals surface area contributed by atoms with Crippen LogP contribution < -0.4 is 5.11 Å². The Balaban J connectivity index is 2.18. The van der Waals surface area contributed by atoms with Crippen molar-refractivity contribution in [3.05, 3.63) is 33.9 Å². The summed E-state index contributed by atoms with van der Waals surface area (Å²) in [4.78, 5) is 14.7. The molecule has 20 heavy (non-hydrogen) atoms. The van der Waals surface area contributed by atoms with E-state index in [2.05, 4.69) is 18.8 Å². The monoisotopic (exact) mass is 275 g/mol. The Kier molecular flexibility index (Phi) is 4.37. The van der Waals surface area contributed by atoms with Crippen molar-refractivity contribution in [1.82, 2.24) is 0 Å². The molecule has 1 aliphatic rings. The number of benzene rings is 1. The molecule has 0 amide bonds. The molecular weight excluding hydrogens is 256 g/mol. The SMILES string of the molecule is C[C@@H]1[C@H](C)CCC[C@H]1N=Cc1cc([N+](=O)[O-])ccc1[O-]. The highest BCUT2D eigenvalue weighted by Crippen LogP contribution is 2.31. The van der Waals surface area contributed by atoms with Crippen molar-refractivity contribution in [2.24, 2.45) is 16.8 Å². The van der Waals surface area contributed by atoms with Gasteiger partial charge in [0.15, 0.2) is 0 Å². The summed E-state index contributed by atoms with van der Waals surface area (Å²) in [5, 5.41) is 22.4. The first-order chi connectivity index (χ1) is 9.49. The topological polar surface area (TPSA) is 78.6 Å². The van der Waals surface area contributed by atoms with Crippen LogP contribution in [0.5, 0.6) is 5.75 Å². The highest BCUT2D eigenvalue weighted by atomic mass is 16.6. The molecule has 0 radical (unpaired) electrons. The van der Waals surface area contributed by atoms with Gasteiger partial charge < -0.3 is 5.11 Å². The second kappa shape index (κ2) is 6.03. The van der Waals surface area contributed by atoms with E-state index in [4.69, 9.17) is 0 Å². The summed E-state index contributed by atoms with van der Waals surface area (Å²) >= 11 is 0. The Morgan fingerprint density at radius 1 is 1.35 bits per heavy atom. The van der Waals surface area contributed by atoms with E-state index < -0.39 is 4.92 Å². The lowest BCUT2D eigenvalue weighted by Gasteiger charge is -2.31. The van der Waals surface area contributed by atoms with Crippen LogP contribution in [0.4, 0.5) is 5.69 Å². The molecule has 1 saturated carbocycles. The first-order valence-electron chi connectivity index (χ1n) is 6.97. The number of rotatable bonds is 3. The van der Waals surface area contributed by atoms with Gasteiger partial charge in [-0.2, -0.15) is 0 Å². The largest absolute Gasteiger partial charge is 0.872 e.